The number of aliphatic hydroxyl groups excluding tert-OH is 1. The molecule has 2 heteroatoms. The standard InChI is InChI=1S/C16H16OS/c1-11(10-17)12-6-7-16-14(8-12)9-13-4-2-3-5-15(13)18-16/h2-8,11,17H,9-10H2,1H3. The first-order valence-corrected chi connectivity index (χ1v) is 7.09. The molecule has 1 aliphatic heterocycles. The summed E-state index contributed by atoms with van der Waals surface area (Å²) in [6.07, 6.45) is 1.00. The van der Waals surface area contributed by atoms with Crippen LogP contribution in [0.4, 0.5) is 0 Å². The largest absolute Gasteiger partial charge is 0.396 e. The maximum absolute atomic E-state index is 9.24. The summed E-state index contributed by atoms with van der Waals surface area (Å²) in [5.74, 6) is 0.220. The lowest BCUT2D eigenvalue weighted by Gasteiger charge is -2.20. The third-order valence-corrected chi connectivity index (χ3v) is 4.74. The van der Waals surface area contributed by atoms with Crippen LogP contribution in [0.25, 0.3) is 0 Å². The lowest BCUT2D eigenvalue weighted by molar-refractivity contribution is 0.273. The van der Waals surface area contributed by atoms with Gasteiger partial charge in [-0.2, -0.15) is 0 Å². The molecule has 1 nitrogen and oxygen atoms in total. The van der Waals surface area contributed by atoms with E-state index in [4.69, 9.17) is 0 Å². The van der Waals surface area contributed by atoms with E-state index in [0.717, 1.165) is 6.42 Å². The minimum Gasteiger partial charge on any atom is -0.396 e. The molecule has 0 fully saturated rings. The first-order valence-electron chi connectivity index (χ1n) is 6.27. The van der Waals surface area contributed by atoms with Crippen molar-refractivity contribution >= 4 is 11.8 Å². The fraction of sp³-hybridized carbons (Fsp3) is 0.250. The highest BCUT2D eigenvalue weighted by molar-refractivity contribution is 7.99. The Morgan fingerprint density at radius 1 is 1.11 bits per heavy atom. The van der Waals surface area contributed by atoms with E-state index in [1.807, 2.05) is 11.8 Å². The van der Waals surface area contributed by atoms with Crippen molar-refractivity contribution < 1.29 is 5.11 Å². The van der Waals surface area contributed by atoms with E-state index < -0.39 is 0 Å². The van der Waals surface area contributed by atoms with Crippen molar-refractivity contribution in [2.75, 3.05) is 6.61 Å². The van der Waals surface area contributed by atoms with E-state index in [1.54, 1.807) is 0 Å². The van der Waals surface area contributed by atoms with Crippen LogP contribution in [0.15, 0.2) is 52.3 Å². The number of hydrogen-bond acceptors (Lipinski definition) is 2. The highest BCUT2D eigenvalue weighted by Gasteiger charge is 2.16. The van der Waals surface area contributed by atoms with E-state index in [2.05, 4.69) is 49.4 Å². The predicted octanol–water partition coefficient (Wildman–Crippen LogP) is 3.84. The average Bonchev–Trinajstić information content (AvgIpc) is 2.43. The molecule has 0 saturated carbocycles. The topological polar surface area (TPSA) is 20.2 Å². The second-order valence-corrected chi connectivity index (χ2v) is 5.92. The Hall–Kier alpha value is -1.25. The fourth-order valence-electron chi connectivity index (χ4n) is 2.32. The molecule has 0 amide bonds. The van der Waals surface area contributed by atoms with Gasteiger partial charge in [0, 0.05) is 22.3 Å². The Labute approximate surface area is 112 Å². The summed E-state index contributed by atoms with van der Waals surface area (Å²) in [7, 11) is 0. The fourth-order valence-corrected chi connectivity index (χ4v) is 3.38. The highest BCUT2D eigenvalue weighted by atomic mass is 32.2. The van der Waals surface area contributed by atoms with E-state index in [-0.39, 0.29) is 12.5 Å². The number of hydrogen-bond donors (Lipinski definition) is 1. The van der Waals surface area contributed by atoms with Crippen LogP contribution in [0.2, 0.25) is 0 Å². The molecule has 0 saturated heterocycles. The highest BCUT2D eigenvalue weighted by Crippen LogP contribution is 2.40. The lowest BCUT2D eigenvalue weighted by atomic mass is 9.96. The molecule has 3 rings (SSSR count). The van der Waals surface area contributed by atoms with E-state index >= 15 is 0 Å². The molecular weight excluding hydrogens is 240 g/mol. The molecule has 0 spiro atoms. The Bertz CT molecular complexity index is 577. The van der Waals surface area contributed by atoms with Crippen LogP contribution in [0.1, 0.15) is 29.5 Å². The number of fused-ring (bicyclic) bond motifs is 2. The number of benzene rings is 2. The van der Waals surface area contributed by atoms with Crippen LogP contribution in [0, 0.1) is 0 Å². The molecule has 1 N–H and O–H groups in total. The van der Waals surface area contributed by atoms with Crippen molar-refractivity contribution in [3.8, 4) is 0 Å². The van der Waals surface area contributed by atoms with Crippen LogP contribution in [0.3, 0.4) is 0 Å². The summed E-state index contributed by atoms with van der Waals surface area (Å²) in [4.78, 5) is 2.72. The second-order valence-electron chi connectivity index (χ2n) is 4.84. The van der Waals surface area contributed by atoms with Crippen LogP contribution < -0.4 is 0 Å². The third kappa shape index (κ3) is 2.06. The van der Waals surface area contributed by atoms with Crippen molar-refractivity contribution in [3.63, 3.8) is 0 Å². The molecule has 1 atom stereocenters. The van der Waals surface area contributed by atoms with Crippen LogP contribution in [0.5, 0.6) is 0 Å². The van der Waals surface area contributed by atoms with Gasteiger partial charge in [-0.3, -0.25) is 0 Å². The quantitative estimate of drug-likeness (QED) is 0.752. The van der Waals surface area contributed by atoms with Crippen LogP contribution in [-0.2, 0) is 6.42 Å². The Morgan fingerprint density at radius 3 is 2.72 bits per heavy atom. The molecule has 2 aromatic carbocycles. The van der Waals surface area contributed by atoms with Gasteiger partial charge in [-0.05, 0) is 35.2 Å². The zero-order valence-electron chi connectivity index (χ0n) is 10.4. The zero-order chi connectivity index (χ0) is 12.5. The third-order valence-electron chi connectivity index (χ3n) is 3.50. The molecule has 18 heavy (non-hydrogen) atoms. The minimum absolute atomic E-state index is 0.211. The number of rotatable bonds is 2. The van der Waals surface area contributed by atoms with E-state index in [0.29, 0.717) is 0 Å². The molecule has 0 aromatic heterocycles. The molecule has 0 aliphatic carbocycles. The molecule has 1 aliphatic rings. The van der Waals surface area contributed by atoms with Gasteiger partial charge in [-0.15, -0.1) is 0 Å². The number of aliphatic hydroxyl groups is 1. The summed E-state index contributed by atoms with van der Waals surface area (Å²) in [6.45, 7) is 2.27. The summed E-state index contributed by atoms with van der Waals surface area (Å²) in [5, 5.41) is 9.24. The SMILES string of the molecule is CC(CO)c1ccc2c(c1)Cc1ccccc1S2. The summed E-state index contributed by atoms with van der Waals surface area (Å²) in [5.41, 5.74) is 4.02. The summed E-state index contributed by atoms with van der Waals surface area (Å²) >= 11 is 1.85. The minimum atomic E-state index is 0.211. The van der Waals surface area contributed by atoms with Gasteiger partial charge >= 0.3 is 0 Å². The van der Waals surface area contributed by atoms with E-state index in [1.165, 1.54) is 26.5 Å². The van der Waals surface area contributed by atoms with Gasteiger partial charge in [0.1, 0.15) is 0 Å². The van der Waals surface area contributed by atoms with Crippen molar-refractivity contribution in [1.82, 2.24) is 0 Å². The maximum atomic E-state index is 9.24. The summed E-state index contributed by atoms with van der Waals surface area (Å²) in [6, 6.07) is 15.2. The van der Waals surface area contributed by atoms with Gasteiger partial charge in [-0.25, -0.2) is 0 Å². The van der Waals surface area contributed by atoms with Crippen molar-refractivity contribution in [2.45, 2.75) is 29.1 Å². The van der Waals surface area contributed by atoms with Gasteiger partial charge in [0.15, 0.2) is 0 Å². The van der Waals surface area contributed by atoms with Crippen molar-refractivity contribution in [2.24, 2.45) is 0 Å². The van der Waals surface area contributed by atoms with Gasteiger partial charge in [0.25, 0.3) is 0 Å². The van der Waals surface area contributed by atoms with Gasteiger partial charge in [-0.1, -0.05) is 49.0 Å². The predicted molar refractivity (Wildman–Crippen MR) is 75.3 cm³/mol. The molecule has 1 heterocycles. The monoisotopic (exact) mass is 256 g/mol. The first kappa shape index (κ1) is 11.8. The second kappa shape index (κ2) is 4.79. The molecule has 92 valence electrons. The Kier molecular flexibility index (Phi) is 3.14. The average molecular weight is 256 g/mol. The molecule has 2 aromatic rings. The van der Waals surface area contributed by atoms with Crippen molar-refractivity contribution in [3.05, 3.63) is 59.2 Å². The van der Waals surface area contributed by atoms with Crippen LogP contribution >= 0.6 is 11.8 Å². The molecule has 0 bridgehead atoms. The van der Waals surface area contributed by atoms with Gasteiger partial charge in [0.2, 0.25) is 0 Å². The Balaban J connectivity index is 1.98. The Morgan fingerprint density at radius 2 is 1.89 bits per heavy atom. The van der Waals surface area contributed by atoms with E-state index in [9.17, 15) is 5.11 Å². The summed E-state index contributed by atoms with van der Waals surface area (Å²) < 4.78 is 0. The molecular formula is C16H16OS. The van der Waals surface area contributed by atoms with Gasteiger partial charge in [0.05, 0.1) is 0 Å². The van der Waals surface area contributed by atoms with Crippen molar-refractivity contribution in [1.29, 1.82) is 0 Å². The zero-order valence-corrected chi connectivity index (χ0v) is 11.2. The van der Waals surface area contributed by atoms with Gasteiger partial charge < -0.3 is 5.11 Å². The molecule has 1 unspecified atom stereocenters. The van der Waals surface area contributed by atoms with Crippen LogP contribution in [-0.4, -0.2) is 11.7 Å². The maximum Gasteiger partial charge on any atom is 0.0497 e. The lowest BCUT2D eigenvalue weighted by Crippen LogP contribution is -2.03. The first-order chi connectivity index (χ1) is 8.78. The smallest absolute Gasteiger partial charge is 0.0497 e. The normalized spacial score (nSPS) is 14.8. The molecule has 0 radical (unpaired) electrons.